The predicted octanol–water partition coefficient (Wildman–Crippen LogP) is 3.69. The highest BCUT2D eigenvalue weighted by Gasteiger charge is 2.36. The van der Waals surface area contributed by atoms with E-state index in [9.17, 15) is 9.90 Å². The first-order valence-corrected chi connectivity index (χ1v) is 7.28. The summed E-state index contributed by atoms with van der Waals surface area (Å²) in [6, 6.07) is 4.15. The molecular weight excluding hydrogens is 285 g/mol. The molecule has 2 aliphatic heterocycles. The number of piperidine rings is 1. The average molecular weight is 300 g/mol. The Kier molecular flexibility index (Phi) is 3.46. The molecule has 2 saturated heterocycles. The largest absolute Gasteiger partial charge is 0.478 e. The van der Waals surface area contributed by atoms with Gasteiger partial charge >= 0.3 is 5.97 Å². The number of fused-ring (bicyclic) bond motifs is 2. The van der Waals surface area contributed by atoms with Gasteiger partial charge in [-0.3, -0.25) is 0 Å². The molecule has 1 aromatic carbocycles. The molecule has 1 aromatic rings. The minimum atomic E-state index is -0.953. The number of benzene rings is 1. The fraction of sp³-hybridized carbons (Fsp3) is 0.500. The highest BCUT2D eigenvalue weighted by Crippen LogP contribution is 2.42. The van der Waals surface area contributed by atoms with Crippen LogP contribution in [0, 0.1) is 0 Å². The summed E-state index contributed by atoms with van der Waals surface area (Å²) in [4.78, 5) is 11.4. The second kappa shape index (κ2) is 4.97. The van der Waals surface area contributed by atoms with Crippen LogP contribution < -0.4 is 5.32 Å². The van der Waals surface area contributed by atoms with Crippen LogP contribution in [0.1, 0.15) is 47.5 Å². The average Bonchev–Trinajstić information content (AvgIpc) is 2.67. The molecule has 0 aromatic heterocycles. The third-order valence-electron chi connectivity index (χ3n) is 4.21. The van der Waals surface area contributed by atoms with E-state index >= 15 is 0 Å². The van der Waals surface area contributed by atoms with Crippen LogP contribution in [0.4, 0.5) is 0 Å². The Labute approximate surface area is 121 Å². The van der Waals surface area contributed by atoms with Crippen molar-refractivity contribution in [2.45, 2.75) is 43.7 Å². The van der Waals surface area contributed by atoms with E-state index < -0.39 is 5.97 Å². The summed E-state index contributed by atoms with van der Waals surface area (Å²) in [5.41, 5.74) is 1.01. The van der Waals surface area contributed by atoms with E-state index in [1.54, 1.807) is 6.07 Å². The van der Waals surface area contributed by atoms with Crippen molar-refractivity contribution in [1.82, 2.24) is 5.32 Å². The molecule has 0 aliphatic carbocycles. The second-order valence-electron chi connectivity index (χ2n) is 5.46. The van der Waals surface area contributed by atoms with E-state index in [2.05, 4.69) is 5.32 Å². The number of aromatic carboxylic acids is 1. The van der Waals surface area contributed by atoms with Crippen molar-refractivity contribution in [2.75, 3.05) is 0 Å². The van der Waals surface area contributed by atoms with E-state index in [-0.39, 0.29) is 11.5 Å². The van der Waals surface area contributed by atoms with Gasteiger partial charge in [-0.25, -0.2) is 4.79 Å². The highest BCUT2D eigenvalue weighted by atomic mass is 35.5. The fourth-order valence-electron chi connectivity index (χ4n) is 3.47. The Morgan fingerprint density at radius 1 is 1.21 bits per heavy atom. The third kappa shape index (κ3) is 2.47. The van der Waals surface area contributed by atoms with Crippen LogP contribution in [0.3, 0.4) is 0 Å². The zero-order valence-electron chi connectivity index (χ0n) is 10.3. The summed E-state index contributed by atoms with van der Waals surface area (Å²) in [7, 11) is 0. The molecule has 5 heteroatoms. The van der Waals surface area contributed by atoms with E-state index in [1.807, 2.05) is 0 Å². The summed E-state index contributed by atoms with van der Waals surface area (Å²) in [6.07, 6.45) is 4.26. The quantitative estimate of drug-likeness (QED) is 0.875. The monoisotopic (exact) mass is 299 g/mol. The van der Waals surface area contributed by atoms with Gasteiger partial charge in [-0.15, -0.1) is 0 Å². The normalized spacial score (nSPS) is 29.5. The van der Waals surface area contributed by atoms with Crippen molar-refractivity contribution >= 4 is 29.2 Å². The molecule has 2 unspecified atom stereocenters. The van der Waals surface area contributed by atoms with Gasteiger partial charge in [-0.1, -0.05) is 23.2 Å². The van der Waals surface area contributed by atoms with Gasteiger partial charge < -0.3 is 10.4 Å². The van der Waals surface area contributed by atoms with Gasteiger partial charge in [0, 0.05) is 22.1 Å². The first kappa shape index (κ1) is 13.2. The Morgan fingerprint density at radius 2 is 1.84 bits per heavy atom. The second-order valence-corrected chi connectivity index (χ2v) is 6.30. The molecule has 19 heavy (non-hydrogen) atoms. The number of carboxylic acid groups (broad SMARTS) is 1. The van der Waals surface area contributed by atoms with Crippen molar-refractivity contribution < 1.29 is 9.90 Å². The molecule has 2 atom stereocenters. The maximum absolute atomic E-state index is 11.4. The lowest BCUT2D eigenvalue weighted by Gasteiger charge is -2.30. The lowest BCUT2D eigenvalue weighted by Crippen LogP contribution is -2.37. The summed E-state index contributed by atoms with van der Waals surface area (Å²) in [6.45, 7) is 0. The van der Waals surface area contributed by atoms with Gasteiger partial charge in [0.2, 0.25) is 0 Å². The maximum atomic E-state index is 11.4. The van der Waals surface area contributed by atoms with Crippen molar-refractivity contribution in [3.05, 3.63) is 33.3 Å². The Balaban J connectivity index is 2.02. The molecule has 102 valence electrons. The molecule has 2 bridgehead atoms. The number of carboxylic acids is 1. The van der Waals surface area contributed by atoms with Crippen molar-refractivity contribution in [2.24, 2.45) is 0 Å². The molecule has 3 nitrogen and oxygen atoms in total. The maximum Gasteiger partial charge on any atom is 0.336 e. The standard InChI is InChI=1S/C14H15Cl2NO2/c15-8-5-11(14(18)19)13(12(16)6-8)7-3-9-1-2-10(4-7)17-9/h5-7,9-10,17H,1-4H2,(H,18,19). The van der Waals surface area contributed by atoms with Gasteiger partial charge in [0.15, 0.2) is 0 Å². The first-order valence-electron chi connectivity index (χ1n) is 6.53. The number of carbonyl (C=O) groups is 1. The van der Waals surface area contributed by atoms with Gasteiger partial charge in [0.1, 0.15) is 0 Å². The molecule has 0 saturated carbocycles. The van der Waals surface area contributed by atoms with Crippen LogP contribution in [0.15, 0.2) is 12.1 Å². The zero-order valence-corrected chi connectivity index (χ0v) is 11.8. The van der Waals surface area contributed by atoms with E-state index in [0.717, 1.165) is 18.4 Å². The molecule has 2 aliphatic rings. The van der Waals surface area contributed by atoms with Crippen molar-refractivity contribution in [1.29, 1.82) is 0 Å². The summed E-state index contributed by atoms with van der Waals surface area (Å²) < 4.78 is 0. The molecule has 0 spiro atoms. The van der Waals surface area contributed by atoms with Gasteiger partial charge in [-0.05, 0) is 49.3 Å². The van der Waals surface area contributed by atoms with E-state index in [0.29, 0.717) is 22.1 Å². The molecule has 2 fully saturated rings. The number of halogens is 2. The van der Waals surface area contributed by atoms with Crippen LogP contribution in [-0.2, 0) is 0 Å². The predicted molar refractivity (Wildman–Crippen MR) is 75.3 cm³/mol. The molecular formula is C14H15Cl2NO2. The van der Waals surface area contributed by atoms with E-state index in [1.165, 1.54) is 18.9 Å². The fourth-order valence-corrected chi connectivity index (χ4v) is 4.12. The van der Waals surface area contributed by atoms with Crippen LogP contribution in [0.5, 0.6) is 0 Å². The summed E-state index contributed by atoms with van der Waals surface area (Å²) >= 11 is 12.2. The lowest BCUT2D eigenvalue weighted by molar-refractivity contribution is 0.0694. The van der Waals surface area contributed by atoms with E-state index in [4.69, 9.17) is 23.2 Å². The topological polar surface area (TPSA) is 49.3 Å². The molecule has 3 rings (SSSR count). The van der Waals surface area contributed by atoms with Crippen LogP contribution >= 0.6 is 23.2 Å². The van der Waals surface area contributed by atoms with Crippen LogP contribution in [0.2, 0.25) is 10.0 Å². The molecule has 0 amide bonds. The van der Waals surface area contributed by atoms with Crippen LogP contribution in [0.25, 0.3) is 0 Å². The van der Waals surface area contributed by atoms with Crippen LogP contribution in [-0.4, -0.2) is 23.2 Å². The van der Waals surface area contributed by atoms with Crippen molar-refractivity contribution in [3.63, 3.8) is 0 Å². The SMILES string of the molecule is O=C(O)c1cc(Cl)cc(Cl)c1C1CC2CCC(C1)N2. The number of hydrogen-bond donors (Lipinski definition) is 2. The Hall–Kier alpha value is -0.770. The summed E-state index contributed by atoms with van der Waals surface area (Å²) in [5.74, 6) is -0.736. The van der Waals surface area contributed by atoms with Crippen molar-refractivity contribution in [3.8, 4) is 0 Å². The minimum absolute atomic E-state index is 0.217. The first-order chi connectivity index (χ1) is 9.04. The van der Waals surface area contributed by atoms with Gasteiger partial charge in [0.25, 0.3) is 0 Å². The summed E-state index contributed by atoms with van der Waals surface area (Å²) in [5, 5.41) is 13.8. The number of rotatable bonds is 2. The third-order valence-corrected chi connectivity index (χ3v) is 4.74. The molecule has 2 N–H and O–H groups in total. The number of hydrogen-bond acceptors (Lipinski definition) is 2. The number of nitrogens with one attached hydrogen (secondary N) is 1. The Morgan fingerprint density at radius 3 is 2.42 bits per heavy atom. The lowest BCUT2D eigenvalue weighted by atomic mass is 9.84. The van der Waals surface area contributed by atoms with Gasteiger partial charge in [0.05, 0.1) is 5.56 Å². The van der Waals surface area contributed by atoms with Gasteiger partial charge in [-0.2, -0.15) is 0 Å². The highest BCUT2D eigenvalue weighted by molar-refractivity contribution is 6.35. The minimum Gasteiger partial charge on any atom is -0.478 e. The molecule has 2 heterocycles. The smallest absolute Gasteiger partial charge is 0.336 e. The Bertz CT molecular complexity index is 520. The molecule has 0 radical (unpaired) electrons. The zero-order chi connectivity index (χ0) is 13.6.